The topological polar surface area (TPSA) is 89.3 Å². The summed E-state index contributed by atoms with van der Waals surface area (Å²) in [6, 6.07) is 0. The number of hydrogen-bond donors (Lipinski definition) is 0. The monoisotopic (exact) mass is 359 g/mol. The van der Waals surface area contributed by atoms with Crippen molar-refractivity contribution in [1.29, 1.82) is 0 Å². The second-order valence-electron chi connectivity index (χ2n) is 4.43. The lowest BCUT2D eigenvalue weighted by atomic mass is 10.6. The highest BCUT2D eigenvalue weighted by molar-refractivity contribution is 8.01. The molecule has 1 saturated heterocycles. The number of nitrogens with zero attached hydrogens (tertiary/aromatic N) is 3. The molecule has 0 bridgehead atoms. The van der Waals surface area contributed by atoms with Gasteiger partial charge in [-0.25, -0.2) is 21.8 Å². The molecule has 0 spiro atoms. The van der Waals surface area contributed by atoms with E-state index in [4.69, 9.17) is 11.6 Å². The van der Waals surface area contributed by atoms with Crippen LogP contribution in [0.5, 0.6) is 0 Å². The molecule has 1 aromatic rings. The maximum absolute atomic E-state index is 12.6. The van der Waals surface area contributed by atoms with E-state index in [1.165, 1.54) is 22.7 Å². The highest BCUT2D eigenvalue weighted by atomic mass is 35.5. The van der Waals surface area contributed by atoms with Gasteiger partial charge in [0.25, 0.3) is 10.0 Å². The molecular weight excluding hydrogens is 346 g/mol. The zero-order chi connectivity index (χ0) is 15.1. The van der Waals surface area contributed by atoms with Crippen molar-refractivity contribution in [3.8, 4) is 0 Å². The average Bonchev–Trinajstić information content (AvgIpc) is 2.69. The van der Waals surface area contributed by atoms with Crippen LogP contribution in [0.2, 0.25) is 5.15 Å². The second-order valence-corrected chi connectivity index (χ2v) is 9.94. The van der Waals surface area contributed by atoms with Gasteiger partial charge in [0.05, 0.1) is 6.33 Å². The Kier molecular flexibility index (Phi) is 4.41. The number of imidazole rings is 1. The van der Waals surface area contributed by atoms with E-state index in [9.17, 15) is 16.8 Å². The molecule has 1 aliphatic rings. The SMILES string of the molecule is Cn1cnc(S(=O)(=O)N2CCSCC2S(C)(=O)=O)c1Cl. The van der Waals surface area contributed by atoms with Crippen LogP contribution in [-0.2, 0) is 26.9 Å². The molecule has 7 nitrogen and oxygen atoms in total. The van der Waals surface area contributed by atoms with E-state index in [0.29, 0.717) is 5.75 Å². The molecule has 0 saturated carbocycles. The van der Waals surface area contributed by atoms with Crippen molar-refractivity contribution in [3.05, 3.63) is 11.5 Å². The number of aryl methyl sites for hydroxylation is 1. The summed E-state index contributed by atoms with van der Waals surface area (Å²) < 4.78 is 51.1. The zero-order valence-electron chi connectivity index (χ0n) is 10.9. The van der Waals surface area contributed by atoms with E-state index < -0.39 is 25.2 Å². The Labute approximate surface area is 127 Å². The van der Waals surface area contributed by atoms with Crippen molar-refractivity contribution in [2.24, 2.45) is 7.05 Å². The summed E-state index contributed by atoms with van der Waals surface area (Å²) >= 11 is 7.32. The predicted molar refractivity (Wildman–Crippen MR) is 78.1 cm³/mol. The summed E-state index contributed by atoms with van der Waals surface area (Å²) in [4.78, 5) is 3.78. The summed E-state index contributed by atoms with van der Waals surface area (Å²) in [5.41, 5.74) is 0. The minimum Gasteiger partial charge on any atom is -0.324 e. The maximum atomic E-state index is 12.6. The molecule has 2 rings (SSSR count). The van der Waals surface area contributed by atoms with E-state index in [1.54, 1.807) is 7.05 Å². The molecule has 1 unspecified atom stereocenters. The lowest BCUT2D eigenvalue weighted by Crippen LogP contribution is -2.49. The van der Waals surface area contributed by atoms with E-state index in [1.807, 2.05) is 0 Å². The summed E-state index contributed by atoms with van der Waals surface area (Å²) in [6.45, 7) is 0.123. The fourth-order valence-corrected chi connectivity index (χ4v) is 7.42. The Bertz CT molecular complexity index is 713. The van der Waals surface area contributed by atoms with E-state index >= 15 is 0 Å². The van der Waals surface area contributed by atoms with Gasteiger partial charge in [0.1, 0.15) is 10.5 Å². The lowest BCUT2D eigenvalue weighted by molar-refractivity contribution is 0.403. The Balaban J connectivity index is 2.49. The molecule has 0 aromatic carbocycles. The van der Waals surface area contributed by atoms with Gasteiger partial charge in [-0.1, -0.05) is 11.6 Å². The van der Waals surface area contributed by atoms with E-state index in [-0.39, 0.29) is 22.5 Å². The number of sulfonamides is 1. The Morgan fingerprint density at radius 3 is 2.55 bits per heavy atom. The molecule has 1 atom stereocenters. The Morgan fingerprint density at radius 2 is 2.05 bits per heavy atom. The number of thioether (sulfide) groups is 1. The first kappa shape index (κ1) is 16.1. The quantitative estimate of drug-likeness (QED) is 0.765. The van der Waals surface area contributed by atoms with Gasteiger partial charge in [-0.3, -0.25) is 0 Å². The fraction of sp³-hybridized carbons (Fsp3) is 0.667. The molecule has 1 aromatic heterocycles. The van der Waals surface area contributed by atoms with Gasteiger partial charge >= 0.3 is 0 Å². The first-order valence-corrected chi connectivity index (χ1v) is 10.5. The third-order valence-electron chi connectivity index (χ3n) is 2.92. The predicted octanol–water partition coefficient (Wildman–Crippen LogP) is 0.182. The number of sulfone groups is 1. The summed E-state index contributed by atoms with van der Waals surface area (Å²) in [7, 11) is -5.99. The van der Waals surface area contributed by atoms with Crippen molar-refractivity contribution in [2.75, 3.05) is 24.3 Å². The first-order chi connectivity index (χ1) is 9.15. The summed E-state index contributed by atoms with van der Waals surface area (Å²) in [5.74, 6) is 0.748. The molecule has 114 valence electrons. The molecule has 0 aliphatic carbocycles. The minimum atomic E-state index is -4.03. The molecule has 0 N–H and O–H groups in total. The number of halogens is 1. The normalized spacial score (nSPS) is 22.1. The molecule has 11 heteroatoms. The standard InChI is InChI=1S/C9H14ClN3O4S3/c1-12-6-11-9(8(12)10)20(16,17)13-3-4-18-5-7(13)19(2,14)15/h6-7H,3-5H2,1-2H3. The van der Waals surface area contributed by atoms with Crippen LogP contribution in [0.1, 0.15) is 0 Å². The smallest absolute Gasteiger partial charge is 0.264 e. The van der Waals surface area contributed by atoms with Crippen LogP contribution in [0.25, 0.3) is 0 Å². The van der Waals surface area contributed by atoms with Gasteiger partial charge in [0, 0.05) is 31.4 Å². The molecule has 1 fully saturated rings. The average molecular weight is 360 g/mol. The number of hydrogen-bond acceptors (Lipinski definition) is 6. The maximum Gasteiger partial charge on any atom is 0.264 e. The van der Waals surface area contributed by atoms with Gasteiger partial charge in [-0.05, 0) is 0 Å². The van der Waals surface area contributed by atoms with E-state index in [0.717, 1.165) is 10.6 Å². The van der Waals surface area contributed by atoms with Crippen LogP contribution in [0.4, 0.5) is 0 Å². The number of aromatic nitrogens is 2. The highest BCUT2D eigenvalue weighted by Crippen LogP contribution is 2.29. The van der Waals surface area contributed by atoms with Crippen molar-refractivity contribution >= 4 is 43.2 Å². The van der Waals surface area contributed by atoms with Crippen molar-refractivity contribution < 1.29 is 16.8 Å². The zero-order valence-corrected chi connectivity index (χ0v) is 14.1. The largest absolute Gasteiger partial charge is 0.324 e. The second kappa shape index (κ2) is 5.48. The Morgan fingerprint density at radius 1 is 1.40 bits per heavy atom. The summed E-state index contributed by atoms with van der Waals surface area (Å²) in [5, 5.41) is -1.41. The van der Waals surface area contributed by atoms with E-state index in [2.05, 4.69) is 4.98 Å². The van der Waals surface area contributed by atoms with Crippen LogP contribution in [0.3, 0.4) is 0 Å². The van der Waals surface area contributed by atoms with Crippen molar-refractivity contribution in [1.82, 2.24) is 13.9 Å². The van der Waals surface area contributed by atoms with Gasteiger partial charge < -0.3 is 4.57 Å². The van der Waals surface area contributed by atoms with Crippen LogP contribution < -0.4 is 0 Å². The molecule has 0 radical (unpaired) electrons. The van der Waals surface area contributed by atoms with Gasteiger partial charge in [-0.2, -0.15) is 16.1 Å². The molecule has 2 heterocycles. The van der Waals surface area contributed by atoms with Gasteiger partial charge in [0.15, 0.2) is 9.84 Å². The third-order valence-corrected chi connectivity index (χ3v) is 8.10. The Hall–Kier alpha value is -0.290. The molecular formula is C9H14ClN3O4S3. The van der Waals surface area contributed by atoms with Crippen LogP contribution in [0, 0.1) is 0 Å². The molecule has 1 aliphatic heterocycles. The highest BCUT2D eigenvalue weighted by Gasteiger charge is 2.41. The number of rotatable bonds is 3. The summed E-state index contributed by atoms with van der Waals surface area (Å²) in [6.07, 6.45) is 2.31. The third kappa shape index (κ3) is 2.84. The van der Waals surface area contributed by atoms with Crippen molar-refractivity contribution in [3.63, 3.8) is 0 Å². The van der Waals surface area contributed by atoms with Gasteiger partial charge in [-0.15, -0.1) is 0 Å². The fourth-order valence-electron chi connectivity index (χ4n) is 1.86. The van der Waals surface area contributed by atoms with Crippen LogP contribution >= 0.6 is 23.4 Å². The minimum absolute atomic E-state index is 0.0320. The van der Waals surface area contributed by atoms with Crippen molar-refractivity contribution in [2.45, 2.75) is 10.4 Å². The van der Waals surface area contributed by atoms with Gasteiger partial charge in [0.2, 0.25) is 5.03 Å². The lowest BCUT2D eigenvalue weighted by Gasteiger charge is -2.32. The van der Waals surface area contributed by atoms with Crippen LogP contribution in [-0.4, -0.2) is 60.4 Å². The van der Waals surface area contributed by atoms with Crippen LogP contribution in [0.15, 0.2) is 11.4 Å². The first-order valence-electron chi connectivity index (χ1n) is 5.61. The molecule has 0 amide bonds. The molecule has 20 heavy (non-hydrogen) atoms.